The summed E-state index contributed by atoms with van der Waals surface area (Å²) in [6.45, 7) is 12.4. The number of ether oxygens (including phenoxy) is 3. The molecule has 3 aliphatic rings. The van der Waals surface area contributed by atoms with Crippen molar-refractivity contribution in [2.24, 2.45) is 15.0 Å². The molecule has 0 saturated heterocycles. The lowest BCUT2D eigenvalue weighted by Gasteiger charge is -2.36. The summed E-state index contributed by atoms with van der Waals surface area (Å²) in [6.07, 6.45) is 3.69. The zero-order valence-corrected chi connectivity index (χ0v) is 38.9. The average molecular weight is 908 g/mol. The molecule has 3 aliphatic heterocycles. The van der Waals surface area contributed by atoms with Crippen LogP contribution >= 0.6 is 47.2 Å². The van der Waals surface area contributed by atoms with Crippen molar-refractivity contribution >= 4 is 82.0 Å². The van der Waals surface area contributed by atoms with Crippen LogP contribution in [-0.4, -0.2) is 17.7 Å². The molecule has 62 heavy (non-hydrogen) atoms. The molecule has 0 aliphatic carbocycles. The third kappa shape index (κ3) is 9.90. The van der Waals surface area contributed by atoms with Crippen molar-refractivity contribution < 1.29 is 14.2 Å². The molecule has 3 heterocycles. The molecule has 0 N–H and O–H groups in total. The third-order valence-electron chi connectivity index (χ3n) is 11.1. The molecular formula is C52H51Cl4N3O3. The van der Waals surface area contributed by atoms with Gasteiger partial charge >= 0.3 is 0 Å². The Bertz CT molecular complexity index is 2460. The highest BCUT2D eigenvalue weighted by Crippen LogP contribution is 2.46. The van der Waals surface area contributed by atoms with Gasteiger partial charge in [-0.1, -0.05) is 140 Å². The molecule has 0 bridgehead atoms. The fourth-order valence-corrected chi connectivity index (χ4v) is 8.47. The number of rotatable bonds is 7. The number of hydrogen-bond acceptors (Lipinski definition) is 6. The Balaban J connectivity index is 0.000000154. The summed E-state index contributed by atoms with van der Waals surface area (Å²) in [7, 11) is 0. The van der Waals surface area contributed by atoms with Crippen molar-refractivity contribution in [1.29, 1.82) is 0 Å². The van der Waals surface area contributed by atoms with E-state index in [1.807, 2.05) is 116 Å². The van der Waals surface area contributed by atoms with Crippen LogP contribution in [0.4, 0.5) is 17.1 Å². The van der Waals surface area contributed by atoms with Crippen LogP contribution < -0.4 is 0 Å². The van der Waals surface area contributed by atoms with Crippen LogP contribution in [0.3, 0.4) is 0 Å². The topological polar surface area (TPSA) is 64.8 Å². The number of hydrogen-bond donors (Lipinski definition) is 0. The first kappa shape index (κ1) is 46.4. The Hall–Kier alpha value is -5.11. The van der Waals surface area contributed by atoms with Crippen molar-refractivity contribution in [2.45, 2.75) is 84.0 Å². The van der Waals surface area contributed by atoms with E-state index in [9.17, 15) is 0 Å². The normalized spacial score (nSPS) is 20.4. The van der Waals surface area contributed by atoms with Gasteiger partial charge in [0.1, 0.15) is 0 Å². The van der Waals surface area contributed by atoms with Crippen molar-refractivity contribution in [2.75, 3.05) is 0 Å². The molecule has 6 aromatic carbocycles. The molecule has 0 radical (unpaired) electrons. The van der Waals surface area contributed by atoms with Gasteiger partial charge in [0.25, 0.3) is 0 Å². The van der Waals surface area contributed by atoms with Crippen LogP contribution in [0.5, 0.6) is 0 Å². The first-order chi connectivity index (χ1) is 29.4. The number of nitrogens with zero attached hydrogens (tertiary/aromatic N) is 3. The fourth-order valence-electron chi connectivity index (χ4n) is 7.96. The molecule has 0 amide bonds. The molecule has 0 aromatic heterocycles. The zero-order valence-electron chi connectivity index (χ0n) is 35.8. The highest BCUT2D eigenvalue weighted by atomic mass is 35.5. The van der Waals surface area contributed by atoms with Crippen molar-refractivity contribution in [3.8, 4) is 0 Å². The molecule has 0 fully saturated rings. The van der Waals surface area contributed by atoms with Gasteiger partial charge in [0.15, 0.2) is 34.5 Å². The van der Waals surface area contributed by atoms with E-state index in [1.165, 1.54) is 0 Å². The lowest BCUT2D eigenvalue weighted by atomic mass is 9.86. The minimum absolute atomic E-state index is 0. The second kappa shape index (κ2) is 19.9. The minimum atomic E-state index is -0.548. The lowest BCUT2D eigenvalue weighted by Crippen LogP contribution is -2.33. The second-order valence-electron chi connectivity index (χ2n) is 15.6. The fraction of sp³-hybridized carbons (Fsp3) is 0.250. The first-order valence-corrected chi connectivity index (χ1v) is 21.8. The maximum atomic E-state index is 6.27. The van der Waals surface area contributed by atoms with E-state index in [2.05, 4.69) is 86.0 Å². The summed E-state index contributed by atoms with van der Waals surface area (Å²) in [5.74, 6) is 2.25. The van der Waals surface area contributed by atoms with Gasteiger partial charge in [-0.3, -0.25) is 0 Å². The zero-order chi connectivity index (χ0) is 43.2. The minimum Gasteiger partial charge on any atom is -0.465 e. The average Bonchev–Trinajstić information content (AvgIpc) is 3.26. The summed E-state index contributed by atoms with van der Waals surface area (Å²) in [6, 6.07) is 47.9. The second-order valence-corrected chi connectivity index (χ2v) is 16.9. The van der Waals surface area contributed by atoms with Crippen molar-refractivity contribution in [3.63, 3.8) is 0 Å². The van der Waals surface area contributed by atoms with Crippen molar-refractivity contribution in [1.82, 2.24) is 0 Å². The Morgan fingerprint density at radius 3 is 1.06 bits per heavy atom. The first-order valence-electron chi connectivity index (χ1n) is 20.7. The molecule has 0 saturated carbocycles. The van der Waals surface area contributed by atoms with Gasteiger partial charge in [-0.05, 0) is 105 Å². The van der Waals surface area contributed by atoms with E-state index >= 15 is 0 Å². The molecule has 320 valence electrons. The number of aliphatic imine (C=N–C) groups is 3. The Labute approximate surface area is 387 Å². The predicted molar refractivity (Wildman–Crippen MR) is 260 cm³/mol. The van der Waals surface area contributed by atoms with Gasteiger partial charge in [0.05, 0.1) is 17.1 Å². The third-order valence-corrected chi connectivity index (χ3v) is 11.8. The van der Waals surface area contributed by atoms with E-state index in [4.69, 9.17) is 49.0 Å². The molecule has 3 unspecified atom stereocenters. The van der Waals surface area contributed by atoms with Crippen LogP contribution in [0.2, 0.25) is 15.1 Å². The van der Waals surface area contributed by atoms with Gasteiger partial charge in [0, 0.05) is 51.5 Å². The summed E-state index contributed by atoms with van der Waals surface area (Å²) < 4.78 is 18.6. The van der Waals surface area contributed by atoms with E-state index < -0.39 is 16.8 Å². The van der Waals surface area contributed by atoms with Crippen LogP contribution in [0, 0.1) is 0 Å². The molecule has 3 atom stereocenters. The number of benzene rings is 6. The van der Waals surface area contributed by atoms with Gasteiger partial charge in [-0.2, -0.15) is 0 Å². The Morgan fingerprint density at radius 1 is 0.435 bits per heavy atom. The SMILES string of the molecule is CC1=Nc2ccc(Cl)cc2C(C)(c2ccccc2)O1.CCCC1=Nc2ccc(Cl)cc2C(C)(c2ccccc2)O1.CCCC1=Nc2ccc(Cl)cc2C(C)(c2ccccc2)O1.Cl. The van der Waals surface area contributed by atoms with Gasteiger partial charge < -0.3 is 14.2 Å². The van der Waals surface area contributed by atoms with E-state index in [-0.39, 0.29) is 12.4 Å². The van der Waals surface area contributed by atoms with Gasteiger partial charge in [-0.25, -0.2) is 15.0 Å². The van der Waals surface area contributed by atoms with Crippen LogP contribution in [0.25, 0.3) is 0 Å². The quantitative estimate of drug-likeness (QED) is 0.160. The summed E-state index contributed by atoms with van der Waals surface area (Å²) >= 11 is 18.5. The van der Waals surface area contributed by atoms with E-state index in [1.54, 1.807) is 0 Å². The Morgan fingerprint density at radius 2 is 0.742 bits per heavy atom. The van der Waals surface area contributed by atoms with Crippen molar-refractivity contribution in [3.05, 3.63) is 194 Å². The summed E-state index contributed by atoms with van der Waals surface area (Å²) in [5, 5.41) is 2.10. The standard InChI is InChI=1S/2C18H18ClNO.C16H14ClNO.ClH/c2*1-3-7-17-20-16-11-10-14(19)12-15(16)18(2,21-17)13-8-5-4-6-9-13;1-11-18-15-9-8-13(17)10-14(15)16(2,19-11)12-6-4-3-5-7-12;/h2*4-6,8-12H,3,7H2,1-2H3;3-10H,1-2H3;1H. The van der Waals surface area contributed by atoms with Crippen LogP contribution in [-0.2, 0) is 31.0 Å². The summed E-state index contributed by atoms with van der Waals surface area (Å²) in [4.78, 5) is 13.7. The largest absolute Gasteiger partial charge is 0.465 e. The highest BCUT2D eigenvalue weighted by molar-refractivity contribution is 6.31. The molecule has 10 heteroatoms. The number of fused-ring (bicyclic) bond motifs is 3. The molecule has 0 spiro atoms. The van der Waals surface area contributed by atoms with E-state index in [0.29, 0.717) is 21.0 Å². The maximum Gasteiger partial charge on any atom is 0.189 e. The van der Waals surface area contributed by atoms with Crippen LogP contribution in [0.1, 0.15) is 101 Å². The van der Waals surface area contributed by atoms with Gasteiger partial charge in [0.2, 0.25) is 0 Å². The summed E-state index contributed by atoms with van der Waals surface area (Å²) in [5.41, 5.74) is 7.50. The van der Waals surface area contributed by atoms with Gasteiger partial charge in [-0.15, -0.1) is 12.4 Å². The molecular weight excluding hydrogens is 856 g/mol. The number of halogens is 4. The highest BCUT2D eigenvalue weighted by Gasteiger charge is 2.39. The van der Waals surface area contributed by atoms with Crippen LogP contribution in [0.15, 0.2) is 161 Å². The molecule has 6 nitrogen and oxygen atoms in total. The Kier molecular flexibility index (Phi) is 14.9. The monoisotopic (exact) mass is 905 g/mol. The molecule has 9 rings (SSSR count). The smallest absolute Gasteiger partial charge is 0.189 e. The lowest BCUT2D eigenvalue weighted by molar-refractivity contribution is 0.108. The molecule has 6 aromatic rings. The predicted octanol–water partition coefficient (Wildman–Crippen LogP) is 16.0. The van der Waals surface area contributed by atoms with E-state index in [0.717, 1.165) is 87.9 Å². The maximum absolute atomic E-state index is 6.27.